The summed E-state index contributed by atoms with van der Waals surface area (Å²) < 4.78 is 19.6. The van der Waals surface area contributed by atoms with Crippen LogP contribution in [0.25, 0.3) is 11.1 Å². The average Bonchev–Trinajstić information content (AvgIpc) is 3.16. The normalized spacial score (nSPS) is 13.5. The van der Waals surface area contributed by atoms with Crippen molar-refractivity contribution in [1.29, 1.82) is 0 Å². The monoisotopic (exact) mass is 679 g/mol. The minimum absolute atomic E-state index is 0.293. The van der Waals surface area contributed by atoms with Crippen molar-refractivity contribution in [2.75, 3.05) is 4.90 Å². The van der Waals surface area contributed by atoms with Gasteiger partial charge in [-0.3, -0.25) is 0 Å². The molecule has 0 saturated carbocycles. The summed E-state index contributed by atoms with van der Waals surface area (Å²) in [4.78, 5) is 2.33. The molecule has 0 aromatic heterocycles. The minimum Gasteiger partial charge on any atom is -0.488 e. The summed E-state index contributed by atoms with van der Waals surface area (Å²) in [6, 6.07) is 60.1. The maximum absolute atomic E-state index is 6.77. The molecule has 0 atom stereocenters. The molecule has 7 aromatic rings. The predicted octanol–water partition coefficient (Wildman–Crippen LogP) is 9.59. The molecule has 0 bridgehead atoms. The van der Waals surface area contributed by atoms with Crippen molar-refractivity contribution >= 4 is 45.9 Å². The lowest BCUT2D eigenvalue weighted by atomic mass is 10.0. The van der Waals surface area contributed by atoms with E-state index in [1.165, 1.54) is 31.9 Å². The molecule has 5 heteroatoms. The van der Waals surface area contributed by atoms with E-state index in [1.54, 1.807) is 0 Å². The first-order valence-corrected chi connectivity index (χ1v) is 19.4. The van der Waals surface area contributed by atoms with E-state index in [0.717, 1.165) is 45.8 Å². The summed E-state index contributed by atoms with van der Waals surface area (Å²) in [7, 11) is -2.92. The summed E-state index contributed by atoms with van der Waals surface area (Å²) in [5, 5.41) is 4.86. The molecule has 7 aromatic carbocycles. The number of ether oxygens (including phenoxy) is 3. The molecule has 0 saturated heterocycles. The molecule has 0 radical (unpaired) electrons. The second-order valence-corrected chi connectivity index (χ2v) is 17.7. The molecular formula is C46H37NO3Si. The van der Waals surface area contributed by atoms with Gasteiger partial charge < -0.3 is 19.1 Å². The second kappa shape index (κ2) is 12.1. The Morgan fingerprint density at radius 1 is 0.431 bits per heavy atom. The van der Waals surface area contributed by atoms with Gasteiger partial charge in [-0.25, -0.2) is 0 Å². The Morgan fingerprint density at radius 3 is 1.39 bits per heavy atom. The Balaban J connectivity index is 1.26. The molecule has 0 unspecified atom stereocenters. The van der Waals surface area contributed by atoms with E-state index in [2.05, 4.69) is 196 Å². The van der Waals surface area contributed by atoms with Crippen molar-refractivity contribution in [1.82, 2.24) is 0 Å². The zero-order valence-corrected chi connectivity index (χ0v) is 29.8. The van der Waals surface area contributed by atoms with Crippen LogP contribution in [0.4, 0.5) is 17.1 Å². The summed E-state index contributed by atoms with van der Waals surface area (Å²) >= 11 is 0. The standard InChI is InChI=1S/C46H37NO3Si/c1-46(2,3)50-37-28-25-35(26-29-37)47(34-23-21-33(22-24-34)32-13-5-4-6-14-32)36-27-30-41-45(31-36)51(44-20-12-9-17-40(44)49-41)42-18-10-7-15-38(42)48-39-16-8-11-19-43(39)51/h4-31H,1-3H3. The average molecular weight is 680 g/mol. The first-order valence-electron chi connectivity index (χ1n) is 17.4. The van der Waals surface area contributed by atoms with Crippen LogP contribution >= 0.6 is 0 Å². The zero-order chi connectivity index (χ0) is 34.6. The Labute approximate surface area is 300 Å². The Kier molecular flexibility index (Phi) is 7.33. The number of benzene rings is 7. The van der Waals surface area contributed by atoms with Crippen molar-refractivity contribution < 1.29 is 14.2 Å². The molecule has 1 spiro atoms. The second-order valence-electron chi connectivity index (χ2n) is 14.1. The number of para-hydroxylation sites is 3. The molecule has 9 rings (SSSR count). The quantitative estimate of drug-likeness (QED) is 0.170. The van der Waals surface area contributed by atoms with Crippen molar-refractivity contribution in [3.8, 4) is 39.9 Å². The number of fused-ring (bicyclic) bond motifs is 8. The molecule has 2 aliphatic heterocycles. The van der Waals surface area contributed by atoms with Gasteiger partial charge in [0.05, 0.1) is 0 Å². The van der Waals surface area contributed by atoms with Crippen molar-refractivity contribution in [3.05, 3.63) is 170 Å². The summed E-state index contributed by atoms with van der Waals surface area (Å²) in [6.45, 7) is 6.21. The van der Waals surface area contributed by atoms with Crippen LogP contribution in [0.3, 0.4) is 0 Å². The molecule has 2 aliphatic rings. The highest BCUT2D eigenvalue weighted by Crippen LogP contribution is 2.41. The van der Waals surface area contributed by atoms with E-state index in [-0.39, 0.29) is 5.60 Å². The van der Waals surface area contributed by atoms with Gasteiger partial charge in [0, 0.05) is 17.1 Å². The van der Waals surface area contributed by atoms with E-state index in [4.69, 9.17) is 14.2 Å². The maximum Gasteiger partial charge on any atom is 0.196 e. The van der Waals surface area contributed by atoms with Gasteiger partial charge in [0.2, 0.25) is 0 Å². The van der Waals surface area contributed by atoms with E-state index in [1.807, 2.05) is 0 Å². The first kappa shape index (κ1) is 31.0. The van der Waals surface area contributed by atoms with E-state index in [9.17, 15) is 0 Å². The Morgan fingerprint density at radius 2 is 0.863 bits per heavy atom. The van der Waals surface area contributed by atoms with Crippen LogP contribution in [-0.4, -0.2) is 13.7 Å². The third-order valence-electron chi connectivity index (χ3n) is 9.69. The van der Waals surface area contributed by atoms with Crippen LogP contribution in [0, 0.1) is 0 Å². The van der Waals surface area contributed by atoms with Gasteiger partial charge in [-0.05, 0) is 125 Å². The highest BCUT2D eigenvalue weighted by atomic mass is 28.3. The predicted molar refractivity (Wildman–Crippen MR) is 211 cm³/mol. The van der Waals surface area contributed by atoms with E-state index in [0.29, 0.717) is 0 Å². The van der Waals surface area contributed by atoms with Crippen molar-refractivity contribution in [3.63, 3.8) is 0 Å². The maximum atomic E-state index is 6.77. The smallest absolute Gasteiger partial charge is 0.196 e. The van der Waals surface area contributed by atoms with E-state index >= 15 is 0 Å². The summed E-state index contributed by atoms with van der Waals surface area (Å²) in [5.74, 6) is 4.42. The fourth-order valence-electron chi connectivity index (χ4n) is 7.64. The van der Waals surface area contributed by atoms with Crippen molar-refractivity contribution in [2.45, 2.75) is 26.4 Å². The highest BCUT2D eigenvalue weighted by molar-refractivity contribution is 7.21. The number of hydrogen-bond acceptors (Lipinski definition) is 4. The van der Waals surface area contributed by atoms with Gasteiger partial charge in [0.15, 0.2) is 8.07 Å². The number of nitrogens with zero attached hydrogens (tertiary/aromatic N) is 1. The number of hydrogen-bond donors (Lipinski definition) is 0. The lowest BCUT2D eigenvalue weighted by Crippen LogP contribution is -2.77. The van der Waals surface area contributed by atoms with Crippen molar-refractivity contribution in [2.24, 2.45) is 0 Å². The Hall–Kier alpha value is -6.04. The molecule has 248 valence electrons. The van der Waals surface area contributed by atoms with Gasteiger partial charge in [0.25, 0.3) is 0 Å². The highest BCUT2D eigenvalue weighted by Gasteiger charge is 2.53. The van der Waals surface area contributed by atoms with Gasteiger partial charge in [0.1, 0.15) is 34.3 Å². The zero-order valence-electron chi connectivity index (χ0n) is 28.8. The number of anilines is 3. The van der Waals surface area contributed by atoms with Crippen LogP contribution in [0.2, 0.25) is 0 Å². The van der Waals surface area contributed by atoms with Gasteiger partial charge in [-0.2, -0.15) is 0 Å². The molecule has 0 fully saturated rings. The van der Waals surface area contributed by atoms with Crippen LogP contribution in [0.1, 0.15) is 20.8 Å². The van der Waals surface area contributed by atoms with Crippen LogP contribution < -0.4 is 39.9 Å². The van der Waals surface area contributed by atoms with E-state index < -0.39 is 8.07 Å². The lowest BCUT2D eigenvalue weighted by molar-refractivity contribution is 0.131. The van der Waals surface area contributed by atoms with Gasteiger partial charge in [-0.15, -0.1) is 0 Å². The minimum atomic E-state index is -2.92. The summed E-state index contributed by atoms with van der Waals surface area (Å²) in [5.41, 5.74) is 5.20. The first-order chi connectivity index (χ1) is 24.9. The topological polar surface area (TPSA) is 30.9 Å². The molecule has 0 amide bonds. The third-order valence-corrected chi connectivity index (χ3v) is 14.6. The third kappa shape index (κ3) is 5.29. The molecule has 0 N–H and O–H groups in total. The van der Waals surface area contributed by atoms with Crippen LogP contribution in [0.15, 0.2) is 170 Å². The fourth-order valence-corrected chi connectivity index (χ4v) is 12.8. The fraction of sp³-hybridized carbons (Fsp3) is 0.0870. The summed E-state index contributed by atoms with van der Waals surface area (Å²) in [6.07, 6.45) is 0. The van der Waals surface area contributed by atoms with Crippen LogP contribution in [-0.2, 0) is 0 Å². The molecule has 51 heavy (non-hydrogen) atoms. The van der Waals surface area contributed by atoms with Crippen LogP contribution in [0.5, 0.6) is 28.7 Å². The molecular weight excluding hydrogens is 643 g/mol. The molecule has 2 heterocycles. The SMILES string of the molecule is CC(C)(C)Oc1ccc(N(c2ccc(-c3ccccc3)cc2)c2ccc3c(c2)[Si]2(c4ccccc4Oc4ccccc42)c2ccccc2O3)cc1. The number of rotatable bonds is 5. The Bertz CT molecular complexity index is 2280. The largest absolute Gasteiger partial charge is 0.488 e. The van der Waals surface area contributed by atoms with Gasteiger partial charge >= 0.3 is 0 Å². The molecule has 0 aliphatic carbocycles. The lowest BCUT2D eigenvalue weighted by Gasteiger charge is -2.43. The van der Waals surface area contributed by atoms with Gasteiger partial charge in [-0.1, -0.05) is 97.1 Å². The molecule has 4 nitrogen and oxygen atoms in total.